The van der Waals surface area contributed by atoms with Crippen LogP contribution < -0.4 is 4.90 Å². The number of nitrogens with zero attached hydrogens (tertiary/aromatic N) is 4. The van der Waals surface area contributed by atoms with E-state index in [9.17, 15) is 4.79 Å². The number of carbonyl (C=O) groups is 1. The third-order valence-electron chi connectivity index (χ3n) is 4.90. The van der Waals surface area contributed by atoms with E-state index in [0.29, 0.717) is 12.0 Å². The zero-order valence-corrected chi connectivity index (χ0v) is 16.0. The molecule has 1 atom stereocenters. The Kier molecular flexibility index (Phi) is 4.89. The number of benzene rings is 2. The van der Waals surface area contributed by atoms with Crippen LogP contribution in [0.2, 0.25) is 0 Å². The molecule has 0 fully saturated rings. The summed E-state index contributed by atoms with van der Waals surface area (Å²) in [6.45, 7) is 0. The Morgan fingerprint density at radius 2 is 1.86 bits per heavy atom. The van der Waals surface area contributed by atoms with Gasteiger partial charge in [0.1, 0.15) is 0 Å². The molecule has 0 spiro atoms. The van der Waals surface area contributed by atoms with Crippen LogP contribution in [0.15, 0.2) is 84.2 Å². The first kappa shape index (κ1) is 17.9. The molecule has 3 aromatic rings. The Morgan fingerprint density at radius 3 is 2.57 bits per heavy atom. The first-order chi connectivity index (χ1) is 13.6. The van der Waals surface area contributed by atoms with Crippen molar-refractivity contribution in [2.45, 2.75) is 12.5 Å². The average Bonchev–Trinajstić information content (AvgIpc) is 3.20. The largest absolute Gasteiger partial charge is 0.378 e. The van der Waals surface area contributed by atoms with Crippen molar-refractivity contribution in [1.29, 1.82) is 0 Å². The highest BCUT2D eigenvalue weighted by atomic mass is 16.2. The summed E-state index contributed by atoms with van der Waals surface area (Å²) < 4.78 is 0. The second-order valence-corrected chi connectivity index (χ2v) is 7.01. The summed E-state index contributed by atoms with van der Waals surface area (Å²) in [5, 5.41) is 6.35. The standard InChI is InChI=1S/C23H22N4O/c1-26(2)20-12-6-10-18(14-20)21-15-22(19-11-7-13-24-16-19)27(25-21)23(28)17-8-4-3-5-9-17/h3-14,16,22H,15H2,1-2H3. The van der Waals surface area contributed by atoms with Gasteiger partial charge in [-0.05, 0) is 41.5 Å². The molecule has 0 radical (unpaired) electrons. The van der Waals surface area contributed by atoms with Gasteiger partial charge >= 0.3 is 0 Å². The van der Waals surface area contributed by atoms with Crippen molar-refractivity contribution in [3.8, 4) is 0 Å². The molecule has 1 aliphatic heterocycles. The molecule has 0 bridgehead atoms. The van der Waals surface area contributed by atoms with Crippen LogP contribution >= 0.6 is 0 Å². The number of pyridine rings is 1. The number of rotatable bonds is 4. The van der Waals surface area contributed by atoms with Gasteiger partial charge < -0.3 is 4.90 Å². The summed E-state index contributed by atoms with van der Waals surface area (Å²) in [4.78, 5) is 19.5. The minimum atomic E-state index is -0.167. The summed E-state index contributed by atoms with van der Waals surface area (Å²) in [6.07, 6.45) is 4.20. The number of aromatic nitrogens is 1. The van der Waals surface area contributed by atoms with Gasteiger partial charge in [0.2, 0.25) is 0 Å². The van der Waals surface area contributed by atoms with Gasteiger partial charge in [-0.1, -0.05) is 36.4 Å². The summed E-state index contributed by atoms with van der Waals surface area (Å²) in [5.41, 5.74) is 4.65. The van der Waals surface area contributed by atoms with Crippen LogP contribution in [0.4, 0.5) is 5.69 Å². The molecule has 5 nitrogen and oxygen atoms in total. The molecule has 1 aromatic heterocycles. The van der Waals surface area contributed by atoms with E-state index >= 15 is 0 Å². The van der Waals surface area contributed by atoms with Crippen molar-refractivity contribution >= 4 is 17.3 Å². The molecule has 0 aliphatic carbocycles. The summed E-state index contributed by atoms with van der Waals surface area (Å²) in [7, 11) is 4.03. The van der Waals surface area contributed by atoms with Crippen molar-refractivity contribution in [2.24, 2.45) is 5.10 Å². The Morgan fingerprint density at radius 1 is 1.04 bits per heavy atom. The van der Waals surface area contributed by atoms with Gasteiger partial charge in [-0.15, -0.1) is 0 Å². The molecule has 5 heteroatoms. The van der Waals surface area contributed by atoms with Crippen LogP contribution in [0.5, 0.6) is 0 Å². The fraction of sp³-hybridized carbons (Fsp3) is 0.174. The maximum absolute atomic E-state index is 13.2. The van der Waals surface area contributed by atoms with Crippen LogP contribution in [-0.2, 0) is 0 Å². The number of anilines is 1. The maximum atomic E-state index is 13.2. The smallest absolute Gasteiger partial charge is 0.274 e. The van der Waals surface area contributed by atoms with Crippen molar-refractivity contribution < 1.29 is 4.79 Å². The first-order valence-electron chi connectivity index (χ1n) is 9.27. The number of hydrogen-bond acceptors (Lipinski definition) is 4. The van der Waals surface area contributed by atoms with Crippen LogP contribution in [0, 0.1) is 0 Å². The Hall–Kier alpha value is -3.47. The van der Waals surface area contributed by atoms with Gasteiger partial charge in [-0.25, -0.2) is 5.01 Å². The number of hydrazone groups is 1. The van der Waals surface area contributed by atoms with E-state index in [2.05, 4.69) is 22.0 Å². The molecule has 0 saturated heterocycles. The predicted octanol–water partition coefficient (Wildman–Crippen LogP) is 4.14. The topological polar surface area (TPSA) is 48.8 Å². The minimum Gasteiger partial charge on any atom is -0.378 e. The molecule has 2 heterocycles. The lowest BCUT2D eigenvalue weighted by molar-refractivity contribution is 0.0711. The van der Waals surface area contributed by atoms with Gasteiger partial charge in [0.05, 0.1) is 11.8 Å². The van der Waals surface area contributed by atoms with Crippen molar-refractivity contribution in [3.05, 3.63) is 95.8 Å². The fourth-order valence-electron chi connectivity index (χ4n) is 3.38. The Labute approximate surface area is 164 Å². The van der Waals surface area contributed by atoms with E-state index in [4.69, 9.17) is 5.10 Å². The lowest BCUT2D eigenvalue weighted by atomic mass is 9.99. The van der Waals surface area contributed by atoms with Crippen LogP contribution in [-0.4, -0.2) is 35.7 Å². The molecule has 0 saturated carbocycles. The third kappa shape index (κ3) is 3.51. The highest BCUT2D eigenvalue weighted by Gasteiger charge is 2.33. The van der Waals surface area contributed by atoms with E-state index in [1.165, 1.54) is 0 Å². The molecular formula is C23H22N4O. The normalized spacial score (nSPS) is 16.0. The van der Waals surface area contributed by atoms with E-state index < -0.39 is 0 Å². The van der Waals surface area contributed by atoms with Gasteiger partial charge in [0.25, 0.3) is 5.91 Å². The Bertz CT molecular complexity index is 999. The molecular weight excluding hydrogens is 348 g/mol. The van der Waals surface area contributed by atoms with Crippen molar-refractivity contribution in [3.63, 3.8) is 0 Å². The molecule has 4 rings (SSSR count). The number of hydrogen-bond donors (Lipinski definition) is 0. The zero-order valence-electron chi connectivity index (χ0n) is 16.0. The molecule has 140 valence electrons. The predicted molar refractivity (Wildman–Crippen MR) is 112 cm³/mol. The molecule has 1 unspecified atom stereocenters. The van der Waals surface area contributed by atoms with Gasteiger partial charge in [0, 0.05) is 44.2 Å². The lowest BCUT2D eigenvalue weighted by Gasteiger charge is -2.21. The quantitative estimate of drug-likeness (QED) is 0.693. The van der Waals surface area contributed by atoms with E-state index in [0.717, 1.165) is 22.5 Å². The molecule has 0 N–H and O–H groups in total. The lowest BCUT2D eigenvalue weighted by Crippen LogP contribution is -2.27. The summed E-state index contributed by atoms with van der Waals surface area (Å²) in [6, 6.07) is 21.2. The molecule has 2 aromatic carbocycles. The highest BCUT2D eigenvalue weighted by Crippen LogP contribution is 2.34. The second kappa shape index (κ2) is 7.64. The third-order valence-corrected chi connectivity index (χ3v) is 4.90. The van der Waals surface area contributed by atoms with Gasteiger partial charge in [-0.2, -0.15) is 5.10 Å². The van der Waals surface area contributed by atoms with E-state index in [-0.39, 0.29) is 11.9 Å². The Balaban J connectivity index is 1.73. The second-order valence-electron chi connectivity index (χ2n) is 7.01. The first-order valence-corrected chi connectivity index (χ1v) is 9.27. The summed E-state index contributed by atoms with van der Waals surface area (Å²) >= 11 is 0. The van der Waals surface area contributed by atoms with Crippen LogP contribution in [0.1, 0.15) is 33.9 Å². The molecule has 1 aliphatic rings. The zero-order chi connectivity index (χ0) is 19.5. The highest BCUT2D eigenvalue weighted by molar-refractivity contribution is 6.05. The summed E-state index contributed by atoms with van der Waals surface area (Å²) in [5.74, 6) is -0.104. The van der Waals surface area contributed by atoms with Crippen molar-refractivity contribution in [2.75, 3.05) is 19.0 Å². The van der Waals surface area contributed by atoms with Gasteiger partial charge in [0.15, 0.2) is 0 Å². The average molecular weight is 370 g/mol. The van der Waals surface area contributed by atoms with Crippen LogP contribution in [0.25, 0.3) is 0 Å². The van der Waals surface area contributed by atoms with E-state index in [1.54, 1.807) is 11.2 Å². The van der Waals surface area contributed by atoms with E-state index in [1.807, 2.05) is 74.9 Å². The molecule has 1 amide bonds. The van der Waals surface area contributed by atoms with Gasteiger partial charge in [-0.3, -0.25) is 9.78 Å². The monoisotopic (exact) mass is 370 g/mol. The SMILES string of the molecule is CN(C)c1cccc(C2=NN(C(=O)c3ccccc3)C(c3cccnc3)C2)c1. The maximum Gasteiger partial charge on any atom is 0.274 e. The molecule has 28 heavy (non-hydrogen) atoms. The van der Waals surface area contributed by atoms with Crippen LogP contribution in [0.3, 0.4) is 0 Å². The fourth-order valence-corrected chi connectivity index (χ4v) is 3.38. The van der Waals surface area contributed by atoms with Crippen molar-refractivity contribution in [1.82, 2.24) is 9.99 Å². The number of carbonyl (C=O) groups excluding carboxylic acids is 1. The minimum absolute atomic E-state index is 0.104. The number of amides is 1.